The molecule has 118 valence electrons. The van der Waals surface area contributed by atoms with Gasteiger partial charge in [0.2, 0.25) is 0 Å². The van der Waals surface area contributed by atoms with Crippen LogP contribution in [0.2, 0.25) is 0 Å². The molecule has 4 nitrogen and oxygen atoms in total. The first-order valence-electron chi connectivity index (χ1n) is 7.32. The summed E-state index contributed by atoms with van der Waals surface area (Å²) in [6.45, 7) is 0.352. The van der Waals surface area contributed by atoms with Gasteiger partial charge in [0.1, 0.15) is 5.82 Å². The van der Waals surface area contributed by atoms with Crippen LogP contribution < -0.4 is 0 Å². The van der Waals surface area contributed by atoms with E-state index in [0.717, 1.165) is 5.56 Å². The van der Waals surface area contributed by atoms with Crippen molar-refractivity contribution in [3.05, 3.63) is 71.0 Å². The topological polar surface area (TPSA) is 46.6 Å². The average Bonchev–Trinajstić information content (AvgIpc) is 2.90. The second-order valence-electron chi connectivity index (χ2n) is 5.41. The Labute approximate surface area is 133 Å². The Morgan fingerprint density at radius 1 is 1.22 bits per heavy atom. The normalized spacial score (nSPS) is 14.5. The largest absolute Gasteiger partial charge is 0.469 e. The number of fused-ring (bicyclic) bond motifs is 1. The number of methoxy groups -OCH3 is 1. The maximum absolute atomic E-state index is 14.2. The molecular weight excluding hydrogens is 297 g/mol. The van der Waals surface area contributed by atoms with Crippen LogP contribution in [-0.4, -0.2) is 23.9 Å². The van der Waals surface area contributed by atoms with Crippen molar-refractivity contribution in [2.24, 2.45) is 0 Å². The molecular formula is C18H16FNO3. The zero-order valence-corrected chi connectivity index (χ0v) is 12.7. The molecule has 0 N–H and O–H groups in total. The van der Waals surface area contributed by atoms with E-state index in [1.807, 2.05) is 12.1 Å². The van der Waals surface area contributed by atoms with Gasteiger partial charge in [-0.05, 0) is 17.7 Å². The van der Waals surface area contributed by atoms with Crippen LogP contribution in [0, 0.1) is 5.82 Å². The van der Waals surface area contributed by atoms with Crippen molar-refractivity contribution < 1.29 is 18.7 Å². The van der Waals surface area contributed by atoms with Crippen LogP contribution in [0.25, 0.3) is 0 Å². The molecule has 3 rings (SSSR count). The van der Waals surface area contributed by atoms with Crippen LogP contribution in [-0.2, 0) is 16.1 Å². The quantitative estimate of drug-likeness (QED) is 0.815. The van der Waals surface area contributed by atoms with Crippen LogP contribution in [0.15, 0.2) is 48.5 Å². The van der Waals surface area contributed by atoms with E-state index in [9.17, 15) is 14.0 Å². The minimum Gasteiger partial charge on any atom is -0.469 e. The molecule has 0 bridgehead atoms. The van der Waals surface area contributed by atoms with Gasteiger partial charge in [-0.1, -0.05) is 36.4 Å². The van der Waals surface area contributed by atoms with Crippen molar-refractivity contribution in [2.45, 2.75) is 19.0 Å². The van der Waals surface area contributed by atoms with Gasteiger partial charge in [-0.25, -0.2) is 4.39 Å². The van der Waals surface area contributed by atoms with E-state index < -0.39 is 17.8 Å². The molecule has 1 atom stereocenters. The van der Waals surface area contributed by atoms with Crippen LogP contribution in [0.1, 0.15) is 33.9 Å². The number of benzene rings is 2. The molecule has 0 spiro atoms. The maximum atomic E-state index is 14.2. The molecule has 0 radical (unpaired) electrons. The second-order valence-corrected chi connectivity index (χ2v) is 5.41. The highest BCUT2D eigenvalue weighted by atomic mass is 19.1. The van der Waals surface area contributed by atoms with E-state index in [2.05, 4.69) is 0 Å². The fourth-order valence-corrected chi connectivity index (χ4v) is 2.90. The van der Waals surface area contributed by atoms with Crippen molar-refractivity contribution >= 4 is 11.9 Å². The number of ether oxygens (including phenoxy) is 1. The fourth-order valence-electron chi connectivity index (χ4n) is 2.90. The van der Waals surface area contributed by atoms with E-state index in [-0.39, 0.29) is 12.3 Å². The molecule has 1 amide bonds. The van der Waals surface area contributed by atoms with Crippen LogP contribution >= 0.6 is 0 Å². The lowest BCUT2D eigenvalue weighted by Gasteiger charge is -2.27. The van der Waals surface area contributed by atoms with Gasteiger partial charge in [0, 0.05) is 17.7 Å². The first-order valence-corrected chi connectivity index (χ1v) is 7.32. The van der Waals surface area contributed by atoms with Gasteiger partial charge in [-0.15, -0.1) is 0 Å². The minimum atomic E-state index is -0.691. The molecule has 23 heavy (non-hydrogen) atoms. The van der Waals surface area contributed by atoms with Crippen molar-refractivity contribution in [2.75, 3.05) is 7.11 Å². The maximum Gasteiger partial charge on any atom is 0.307 e. The number of halogens is 1. The molecule has 0 unspecified atom stereocenters. The Balaban J connectivity index is 1.99. The van der Waals surface area contributed by atoms with E-state index in [1.54, 1.807) is 30.3 Å². The third-order valence-electron chi connectivity index (χ3n) is 4.08. The average molecular weight is 313 g/mol. The highest BCUT2D eigenvalue weighted by molar-refractivity contribution is 5.98. The molecule has 1 aliphatic heterocycles. The van der Waals surface area contributed by atoms with Crippen LogP contribution in [0.5, 0.6) is 0 Å². The Hall–Kier alpha value is -2.69. The Bertz CT molecular complexity index is 759. The fraction of sp³-hybridized carbons (Fsp3) is 0.222. The first kappa shape index (κ1) is 15.2. The number of rotatable bonds is 4. The zero-order chi connectivity index (χ0) is 16.4. The summed E-state index contributed by atoms with van der Waals surface area (Å²) in [7, 11) is 1.28. The molecule has 1 aliphatic rings. The molecule has 5 heteroatoms. The second kappa shape index (κ2) is 6.20. The predicted molar refractivity (Wildman–Crippen MR) is 82.1 cm³/mol. The molecule has 0 saturated carbocycles. The Morgan fingerprint density at radius 2 is 1.91 bits per heavy atom. The number of amides is 1. The summed E-state index contributed by atoms with van der Waals surface area (Å²) >= 11 is 0. The minimum absolute atomic E-state index is 0.0861. The summed E-state index contributed by atoms with van der Waals surface area (Å²) in [5.41, 5.74) is 1.79. The molecule has 2 aromatic rings. The number of hydrogen-bond acceptors (Lipinski definition) is 3. The van der Waals surface area contributed by atoms with E-state index in [0.29, 0.717) is 17.7 Å². The smallest absolute Gasteiger partial charge is 0.307 e. The predicted octanol–water partition coefficient (Wildman–Crippen LogP) is 3.09. The molecule has 1 heterocycles. The SMILES string of the molecule is COC(=O)C[C@H](c1ccccc1F)N1Cc2ccccc2C1=O. The molecule has 0 aliphatic carbocycles. The van der Waals surface area contributed by atoms with Crippen molar-refractivity contribution in [3.8, 4) is 0 Å². The lowest BCUT2D eigenvalue weighted by Crippen LogP contribution is -2.31. The molecule has 0 fully saturated rings. The zero-order valence-electron chi connectivity index (χ0n) is 12.7. The summed E-state index contributed by atoms with van der Waals surface area (Å²) in [6, 6.07) is 12.8. The molecule has 2 aromatic carbocycles. The van der Waals surface area contributed by atoms with Crippen molar-refractivity contribution in [1.82, 2.24) is 4.90 Å². The van der Waals surface area contributed by atoms with Gasteiger partial charge in [0.05, 0.1) is 19.6 Å². The van der Waals surface area contributed by atoms with Crippen LogP contribution in [0.3, 0.4) is 0 Å². The van der Waals surface area contributed by atoms with Gasteiger partial charge in [0.25, 0.3) is 5.91 Å². The van der Waals surface area contributed by atoms with Gasteiger partial charge in [-0.2, -0.15) is 0 Å². The summed E-state index contributed by atoms with van der Waals surface area (Å²) < 4.78 is 18.9. The number of nitrogens with zero attached hydrogens (tertiary/aromatic N) is 1. The van der Waals surface area contributed by atoms with Gasteiger partial charge in [0.15, 0.2) is 0 Å². The van der Waals surface area contributed by atoms with E-state index in [1.165, 1.54) is 18.1 Å². The van der Waals surface area contributed by atoms with Crippen LogP contribution in [0.4, 0.5) is 4.39 Å². The summed E-state index contributed by atoms with van der Waals surface area (Å²) in [4.78, 5) is 25.9. The third-order valence-corrected chi connectivity index (χ3v) is 4.08. The Kier molecular flexibility index (Phi) is 4.10. The monoisotopic (exact) mass is 313 g/mol. The third kappa shape index (κ3) is 2.82. The Morgan fingerprint density at radius 3 is 2.61 bits per heavy atom. The molecule has 0 aromatic heterocycles. The standard InChI is InChI=1S/C18H16FNO3/c1-23-17(21)10-16(14-8-4-5-9-15(14)19)20-11-12-6-2-3-7-13(12)18(20)22/h2-9,16H,10-11H2,1H3/t16-/m1/s1. The summed E-state index contributed by atoms with van der Waals surface area (Å²) in [5.74, 6) is -1.12. The van der Waals surface area contributed by atoms with E-state index >= 15 is 0 Å². The van der Waals surface area contributed by atoms with Crippen molar-refractivity contribution in [1.29, 1.82) is 0 Å². The lowest BCUT2D eigenvalue weighted by molar-refractivity contribution is -0.141. The number of esters is 1. The number of carbonyl (C=O) groups excluding carboxylic acids is 2. The summed E-state index contributed by atoms with van der Waals surface area (Å²) in [6.07, 6.45) is -0.0861. The number of carbonyl (C=O) groups is 2. The first-order chi connectivity index (χ1) is 11.1. The van der Waals surface area contributed by atoms with Gasteiger partial charge in [-0.3, -0.25) is 9.59 Å². The molecule has 0 saturated heterocycles. The highest BCUT2D eigenvalue weighted by Crippen LogP contribution is 2.34. The van der Waals surface area contributed by atoms with Gasteiger partial charge < -0.3 is 9.64 Å². The summed E-state index contributed by atoms with van der Waals surface area (Å²) in [5, 5.41) is 0. The van der Waals surface area contributed by atoms with Gasteiger partial charge >= 0.3 is 5.97 Å². The van der Waals surface area contributed by atoms with E-state index in [4.69, 9.17) is 4.74 Å². The lowest BCUT2D eigenvalue weighted by atomic mass is 10.0. The number of hydrogen-bond donors (Lipinski definition) is 0. The highest BCUT2D eigenvalue weighted by Gasteiger charge is 2.35. The van der Waals surface area contributed by atoms with Crippen molar-refractivity contribution in [3.63, 3.8) is 0 Å².